The van der Waals surface area contributed by atoms with Crippen LogP contribution in [0.5, 0.6) is 11.5 Å². The molecule has 2 aromatic carbocycles. The molecule has 2 rings (SSSR count). The summed E-state index contributed by atoms with van der Waals surface area (Å²) < 4.78 is 0. The Hall–Kier alpha value is -2.36. The van der Waals surface area contributed by atoms with Crippen LogP contribution in [-0.2, 0) is 0 Å². The number of phenolic OH excluding ortho intramolecular Hbond substituents is 2. The van der Waals surface area contributed by atoms with Crippen molar-refractivity contribution in [3.63, 3.8) is 0 Å². The normalized spacial score (nSPS) is 9.65. The number of benzene rings is 2. The Labute approximate surface area is 100 Å². The van der Waals surface area contributed by atoms with E-state index in [9.17, 15) is 10.2 Å². The van der Waals surface area contributed by atoms with Crippen LogP contribution in [0.25, 0.3) is 11.1 Å². The van der Waals surface area contributed by atoms with Crippen molar-refractivity contribution in [2.24, 2.45) is 0 Å². The summed E-state index contributed by atoms with van der Waals surface area (Å²) in [6.45, 7) is 0. The number of anilines is 2. The van der Waals surface area contributed by atoms with Crippen LogP contribution in [0.15, 0.2) is 36.4 Å². The SMILES string of the molecule is C.Nc1cc(-c2ccc(O)c(N)c2)ccc1O. The fourth-order valence-corrected chi connectivity index (χ4v) is 1.47. The van der Waals surface area contributed by atoms with E-state index in [0.29, 0.717) is 11.4 Å². The third kappa shape index (κ3) is 2.42. The van der Waals surface area contributed by atoms with Crippen molar-refractivity contribution in [1.82, 2.24) is 0 Å². The van der Waals surface area contributed by atoms with Crippen LogP contribution in [0.2, 0.25) is 0 Å². The average molecular weight is 232 g/mol. The number of rotatable bonds is 1. The highest BCUT2D eigenvalue weighted by Crippen LogP contribution is 2.31. The molecule has 0 fully saturated rings. The number of aromatic hydroxyl groups is 2. The smallest absolute Gasteiger partial charge is 0.138 e. The maximum absolute atomic E-state index is 9.30. The average Bonchev–Trinajstić information content (AvgIpc) is 2.26. The zero-order valence-corrected chi connectivity index (χ0v) is 8.51. The molecule has 0 atom stereocenters. The van der Waals surface area contributed by atoms with Gasteiger partial charge in [-0.15, -0.1) is 0 Å². The lowest BCUT2D eigenvalue weighted by Crippen LogP contribution is -1.89. The van der Waals surface area contributed by atoms with E-state index >= 15 is 0 Å². The fourth-order valence-electron chi connectivity index (χ4n) is 1.47. The number of nitrogens with two attached hydrogens (primary N) is 2. The highest BCUT2D eigenvalue weighted by molar-refractivity contribution is 5.74. The van der Waals surface area contributed by atoms with Crippen molar-refractivity contribution in [2.75, 3.05) is 11.5 Å². The molecule has 17 heavy (non-hydrogen) atoms. The minimum atomic E-state index is 0. The van der Waals surface area contributed by atoms with Gasteiger partial charge in [-0.3, -0.25) is 0 Å². The Kier molecular flexibility index (Phi) is 3.48. The maximum atomic E-state index is 9.30. The van der Waals surface area contributed by atoms with Crippen molar-refractivity contribution in [2.45, 2.75) is 7.43 Å². The Morgan fingerprint density at radius 1 is 0.706 bits per heavy atom. The first kappa shape index (κ1) is 12.7. The molecule has 0 radical (unpaired) electrons. The van der Waals surface area contributed by atoms with Gasteiger partial charge in [0, 0.05) is 0 Å². The van der Waals surface area contributed by atoms with Crippen LogP contribution in [0.3, 0.4) is 0 Å². The van der Waals surface area contributed by atoms with E-state index in [2.05, 4.69) is 0 Å². The number of phenols is 2. The van der Waals surface area contributed by atoms with Gasteiger partial charge in [-0.1, -0.05) is 19.6 Å². The lowest BCUT2D eigenvalue weighted by molar-refractivity contribution is 0.477. The van der Waals surface area contributed by atoms with Crippen molar-refractivity contribution in [3.8, 4) is 22.6 Å². The molecule has 90 valence electrons. The molecule has 0 heterocycles. The van der Waals surface area contributed by atoms with Crippen LogP contribution < -0.4 is 11.5 Å². The van der Waals surface area contributed by atoms with Gasteiger partial charge >= 0.3 is 0 Å². The summed E-state index contributed by atoms with van der Waals surface area (Å²) in [5, 5.41) is 18.6. The largest absolute Gasteiger partial charge is 0.506 e. The van der Waals surface area contributed by atoms with E-state index in [-0.39, 0.29) is 18.9 Å². The minimum absolute atomic E-state index is 0. The van der Waals surface area contributed by atoms with Gasteiger partial charge in [0.25, 0.3) is 0 Å². The fraction of sp³-hybridized carbons (Fsp3) is 0.0769. The second kappa shape index (κ2) is 4.65. The highest BCUT2D eigenvalue weighted by atomic mass is 16.3. The van der Waals surface area contributed by atoms with Gasteiger partial charge < -0.3 is 21.7 Å². The zero-order valence-electron chi connectivity index (χ0n) is 8.51. The molecule has 0 aromatic heterocycles. The summed E-state index contributed by atoms with van der Waals surface area (Å²) in [7, 11) is 0. The first-order chi connectivity index (χ1) is 7.58. The first-order valence-corrected chi connectivity index (χ1v) is 4.75. The molecular weight excluding hydrogens is 216 g/mol. The molecule has 0 saturated carbocycles. The van der Waals surface area contributed by atoms with Gasteiger partial charge in [0.1, 0.15) is 11.5 Å². The standard InChI is InChI=1S/C12H12N2O2.CH4/c13-9-5-7(1-3-11(9)15)8-2-4-12(16)10(14)6-8;/h1-6,15-16H,13-14H2;1H4. The minimum Gasteiger partial charge on any atom is -0.506 e. The van der Waals surface area contributed by atoms with Gasteiger partial charge in [0.2, 0.25) is 0 Å². The third-order valence-electron chi connectivity index (χ3n) is 2.39. The molecular formula is C13H16N2O2. The van der Waals surface area contributed by atoms with Crippen molar-refractivity contribution in [3.05, 3.63) is 36.4 Å². The number of hydrogen-bond acceptors (Lipinski definition) is 4. The Balaban J connectivity index is 0.00000144. The predicted molar refractivity (Wildman–Crippen MR) is 70.8 cm³/mol. The summed E-state index contributed by atoms with van der Waals surface area (Å²) in [5.74, 6) is 0.103. The quantitative estimate of drug-likeness (QED) is 0.449. The Morgan fingerprint density at radius 2 is 1.06 bits per heavy atom. The monoisotopic (exact) mass is 232 g/mol. The van der Waals surface area contributed by atoms with E-state index in [1.807, 2.05) is 0 Å². The van der Waals surface area contributed by atoms with E-state index in [1.165, 1.54) is 12.1 Å². The molecule has 0 aliphatic carbocycles. The summed E-state index contributed by atoms with van der Waals surface area (Å²) in [6, 6.07) is 9.82. The molecule has 0 amide bonds. The van der Waals surface area contributed by atoms with Crippen LogP contribution in [-0.4, -0.2) is 10.2 Å². The first-order valence-electron chi connectivity index (χ1n) is 4.75. The van der Waals surface area contributed by atoms with Crippen molar-refractivity contribution >= 4 is 11.4 Å². The van der Waals surface area contributed by atoms with Gasteiger partial charge in [-0.2, -0.15) is 0 Å². The van der Waals surface area contributed by atoms with E-state index in [0.717, 1.165) is 11.1 Å². The Morgan fingerprint density at radius 3 is 1.35 bits per heavy atom. The van der Waals surface area contributed by atoms with Crippen LogP contribution in [0.1, 0.15) is 7.43 Å². The molecule has 4 heteroatoms. The number of nitrogen functional groups attached to an aromatic ring is 2. The summed E-state index contributed by atoms with van der Waals surface area (Å²) >= 11 is 0. The van der Waals surface area contributed by atoms with E-state index in [4.69, 9.17) is 11.5 Å². The van der Waals surface area contributed by atoms with Gasteiger partial charge in [0.05, 0.1) is 11.4 Å². The van der Waals surface area contributed by atoms with Crippen molar-refractivity contribution < 1.29 is 10.2 Å². The second-order valence-electron chi connectivity index (χ2n) is 3.55. The maximum Gasteiger partial charge on any atom is 0.138 e. The van der Waals surface area contributed by atoms with Gasteiger partial charge in [-0.05, 0) is 35.4 Å². The molecule has 0 unspecified atom stereocenters. The van der Waals surface area contributed by atoms with Crippen LogP contribution >= 0.6 is 0 Å². The lowest BCUT2D eigenvalue weighted by atomic mass is 10.0. The summed E-state index contributed by atoms with van der Waals surface area (Å²) in [5.41, 5.74) is 13.5. The van der Waals surface area contributed by atoms with E-state index < -0.39 is 0 Å². The van der Waals surface area contributed by atoms with Gasteiger partial charge in [0.15, 0.2) is 0 Å². The summed E-state index contributed by atoms with van der Waals surface area (Å²) in [4.78, 5) is 0. The van der Waals surface area contributed by atoms with Crippen molar-refractivity contribution in [1.29, 1.82) is 0 Å². The molecule has 0 saturated heterocycles. The predicted octanol–water partition coefficient (Wildman–Crippen LogP) is 2.57. The van der Waals surface area contributed by atoms with E-state index in [1.54, 1.807) is 24.3 Å². The second-order valence-corrected chi connectivity index (χ2v) is 3.55. The van der Waals surface area contributed by atoms with Crippen LogP contribution in [0, 0.1) is 0 Å². The lowest BCUT2D eigenvalue weighted by Gasteiger charge is -2.06. The molecule has 0 aliphatic heterocycles. The van der Waals surface area contributed by atoms with Gasteiger partial charge in [-0.25, -0.2) is 0 Å². The van der Waals surface area contributed by atoms with Crippen LogP contribution in [0.4, 0.5) is 11.4 Å². The number of hydrogen-bond donors (Lipinski definition) is 4. The highest BCUT2D eigenvalue weighted by Gasteiger charge is 2.04. The Bertz CT molecular complexity index is 489. The summed E-state index contributed by atoms with van der Waals surface area (Å²) in [6.07, 6.45) is 0. The molecule has 0 aliphatic rings. The molecule has 2 aromatic rings. The topological polar surface area (TPSA) is 92.5 Å². The molecule has 4 nitrogen and oxygen atoms in total. The molecule has 0 bridgehead atoms. The molecule has 0 spiro atoms. The third-order valence-corrected chi connectivity index (χ3v) is 2.39. The molecule has 6 N–H and O–H groups in total. The zero-order chi connectivity index (χ0) is 11.7.